The van der Waals surface area contributed by atoms with Crippen LogP contribution in [-0.4, -0.2) is 43.6 Å². The molecule has 1 amide bonds. The van der Waals surface area contributed by atoms with Crippen molar-refractivity contribution in [1.82, 2.24) is 5.32 Å². The molecule has 0 saturated heterocycles. The first-order valence-corrected chi connectivity index (χ1v) is 3.38. The Morgan fingerprint density at radius 3 is 2.54 bits per heavy atom. The molecule has 0 fully saturated rings. The highest BCUT2D eigenvalue weighted by Gasteiger charge is 2.38. The third kappa shape index (κ3) is 5.42. The molecule has 1 unspecified atom stereocenters. The number of amides is 1. The van der Waals surface area contributed by atoms with Crippen molar-refractivity contribution < 1.29 is 27.8 Å². The van der Waals surface area contributed by atoms with Gasteiger partial charge in [-0.2, -0.15) is 13.2 Å². The SMILES string of the molecule is COCC(=O)NCC(O)C(F)(F)F. The molecule has 0 aromatic carbocycles. The van der Waals surface area contributed by atoms with E-state index in [-0.39, 0.29) is 6.61 Å². The van der Waals surface area contributed by atoms with E-state index < -0.39 is 24.7 Å². The third-order valence-corrected chi connectivity index (χ3v) is 1.15. The molecule has 78 valence electrons. The number of ether oxygens (including phenoxy) is 1. The Balaban J connectivity index is 3.70. The maximum Gasteiger partial charge on any atom is 0.416 e. The second kappa shape index (κ2) is 5.03. The zero-order valence-electron chi connectivity index (χ0n) is 6.89. The van der Waals surface area contributed by atoms with Crippen molar-refractivity contribution in [2.75, 3.05) is 20.3 Å². The van der Waals surface area contributed by atoms with Gasteiger partial charge in [0.25, 0.3) is 0 Å². The Bertz CT molecular complexity index is 171. The number of aliphatic hydroxyl groups is 1. The van der Waals surface area contributed by atoms with Crippen LogP contribution in [0.3, 0.4) is 0 Å². The van der Waals surface area contributed by atoms with Gasteiger partial charge in [0.05, 0.1) is 6.54 Å². The van der Waals surface area contributed by atoms with Gasteiger partial charge in [0.2, 0.25) is 5.91 Å². The minimum absolute atomic E-state index is 0.329. The number of nitrogens with one attached hydrogen (secondary N) is 1. The van der Waals surface area contributed by atoms with Crippen molar-refractivity contribution >= 4 is 5.91 Å². The summed E-state index contributed by atoms with van der Waals surface area (Å²) in [6, 6.07) is 0. The van der Waals surface area contributed by atoms with Gasteiger partial charge < -0.3 is 15.2 Å². The van der Waals surface area contributed by atoms with Crippen LogP contribution in [0.5, 0.6) is 0 Å². The number of aliphatic hydroxyl groups excluding tert-OH is 1. The first-order valence-electron chi connectivity index (χ1n) is 3.38. The molecule has 0 aliphatic carbocycles. The van der Waals surface area contributed by atoms with E-state index in [1.54, 1.807) is 0 Å². The summed E-state index contributed by atoms with van der Waals surface area (Å²) in [5.74, 6) is -0.703. The van der Waals surface area contributed by atoms with Gasteiger partial charge in [0, 0.05) is 7.11 Å². The molecule has 2 N–H and O–H groups in total. The number of hydrogen-bond donors (Lipinski definition) is 2. The van der Waals surface area contributed by atoms with Gasteiger partial charge in [-0.1, -0.05) is 0 Å². The van der Waals surface area contributed by atoms with Crippen LogP contribution in [0, 0.1) is 0 Å². The highest BCUT2D eigenvalue weighted by atomic mass is 19.4. The summed E-state index contributed by atoms with van der Waals surface area (Å²) in [5, 5.41) is 10.3. The number of carbonyl (C=O) groups is 1. The zero-order chi connectivity index (χ0) is 10.5. The maximum atomic E-state index is 11.7. The highest BCUT2D eigenvalue weighted by molar-refractivity contribution is 5.77. The average Bonchev–Trinajstić information content (AvgIpc) is 1.99. The fraction of sp³-hybridized carbons (Fsp3) is 0.833. The second-order valence-corrected chi connectivity index (χ2v) is 2.29. The van der Waals surface area contributed by atoms with E-state index in [9.17, 15) is 18.0 Å². The number of carbonyl (C=O) groups excluding carboxylic acids is 1. The van der Waals surface area contributed by atoms with Crippen LogP contribution in [0.4, 0.5) is 13.2 Å². The Hall–Kier alpha value is -0.820. The Labute approximate surface area is 72.7 Å². The molecule has 0 saturated carbocycles. The van der Waals surface area contributed by atoms with Crippen molar-refractivity contribution in [3.05, 3.63) is 0 Å². The minimum atomic E-state index is -4.71. The van der Waals surface area contributed by atoms with Crippen LogP contribution < -0.4 is 5.32 Å². The number of methoxy groups -OCH3 is 1. The number of hydrogen-bond acceptors (Lipinski definition) is 3. The van der Waals surface area contributed by atoms with E-state index in [1.165, 1.54) is 7.11 Å². The van der Waals surface area contributed by atoms with E-state index in [2.05, 4.69) is 4.74 Å². The molecule has 0 radical (unpaired) electrons. The Morgan fingerprint density at radius 2 is 2.15 bits per heavy atom. The fourth-order valence-corrected chi connectivity index (χ4v) is 0.508. The summed E-state index contributed by atoms with van der Waals surface area (Å²) >= 11 is 0. The van der Waals surface area contributed by atoms with Gasteiger partial charge in [0.15, 0.2) is 6.10 Å². The average molecular weight is 201 g/mol. The molecule has 0 spiro atoms. The Morgan fingerprint density at radius 1 is 1.62 bits per heavy atom. The topological polar surface area (TPSA) is 58.6 Å². The molecule has 0 heterocycles. The minimum Gasteiger partial charge on any atom is -0.382 e. The molecule has 0 aromatic heterocycles. The fourth-order valence-electron chi connectivity index (χ4n) is 0.508. The first-order chi connectivity index (χ1) is 5.88. The van der Waals surface area contributed by atoms with Crippen molar-refractivity contribution in [3.8, 4) is 0 Å². The Kier molecular flexibility index (Phi) is 4.71. The predicted octanol–water partition coefficient (Wildman–Crippen LogP) is -0.328. The molecule has 0 aliphatic rings. The number of halogens is 3. The summed E-state index contributed by atoms with van der Waals surface area (Å²) in [6.07, 6.45) is -7.24. The lowest BCUT2D eigenvalue weighted by molar-refractivity contribution is -0.201. The van der Waals surface area contributed by atoms with Crippen LogP contribution in [-0.2, 0) is 9.53 Å². The number of alkyl halides is 3. The molecule has 4 nitrogen and oxygen atoms in total. The van der Waals surface area contributed by atoms with Crippen LogP contribution in [0.1, 0.15) is 0 Å². The molecular formula is C6H10F3NO3. The van der Waals surface area contributed by atoms with Crippen molar-refractivity contribution in [2.24, 2.45) is 0 Å². The van der Waals surface area contributed by atoms with Gasteiger partial charge in [-0.3, -0.25) is 4.79 Å². The lowest BCUT2D eigenvalue weighted by atomic mass is 10.3. The molecular weight excluding hydrogens is 191 g/mol. The van der Waals surface area contributed by atoms with Gasteiger partial charge in [-0.05, 0) is 0 Å². The molecule has 7 heteroatoms. The van der Waals surface area contributed by atoms with Gasteiger partial charge in [0.1, 0.15) is 6.61 Å². The molecule has 0 aromatic rings. The summed E-state index contributed by atoms with van der Waals surface area (Å²) in [5.41, 5.74) is 0. The van der Waals surface area contributed by atoms with E-state index in [1.807, 2.05) is 5.32 Å². The van der Waals surface area contributed by atoms with Gasteiger partial charge >= 0.3 is 6.18 Å². The molecule has 13 heavy (non-hydrogen) atoms. The van der Waals surface area contributed by atoms with E-state index >= 15 is 0 Å². The summed E-state index contributed by atoms with van der Waals surface area (Å²) in [4.78, 5) is 10.6. The van der Waals surface area contributed by atoms with E-state index in [0.717, 1.165) is 0 Å². The molecule has 0 aliphatic heterocycles. The van der Waals surface area contributed by atoms with Crippen molar-refractivity contribution in [1.29, 1.82) is 0 Å². The maximum absolute atomic E-state index is 11.7. The van der Waals surface area contributed by atoms with E-state index in [0.29, 0.717) is 0 Å². The summed E-state index contributed by atoms with van der Waals surface area (Å²) in [7, 11) is 1.24. The van der Waals surface area contributed by atoms with Gasteiger partial charge in [-0.15, -0.1) is 0 Å². The monoisotopic (exact) mass is 201 g/mol. The normalized spacial score (nSPS) is 13.9. The first kappa shape index (κ1) is 12.2. The van der Waals surface area contributed by atoms with Crippen LogP contribution in [0.25, 0.3) is 0 Å². The predicted molar refractivity (Wildman–Crippen MR) is 36.9 cm³/mol. The lowest BCUT2D eigenvalue weighted by Gasteiger charge is -2.14. The molecule has 0 rings (SSSR count). The van der Waals surface area contributed by atoms with Crippen LogP contribution >= 0.6 is 0 Å². The largest absolute Gasteiger partial charge is 0.416 e. The van der Waals surface area contributed by atoms with E-state index in [4.69, 9.17) is 5.11 Å². The highest BCUT2D eigenvalue weighted by Crippen LogP contribution is 2.18. The van der Waals surface area contributed by atoms with Crippen molar-refractivity contribution in [3.63, 3.8) is 0 Å². The smallest absolute Gasteiger partial charge is 0.382 e. The molecule has 0 bridgehead atoms. The zero-order valence-corrected chi connectivity index (χ0v) is 6.89. The van der Waals surface area contributed by atoms with Crippen LogP contribution in [0.15, 0.2) is 0 Å². The number of rotatable bonds is 4. The summed E-state index contributed by atoms with van der Waals surface area (Å²) in [6.45, 7) is -1.18. The molecule has 1 atom stereocenters. The quantitative estimate of drug-likeness (QED) is 0.655. The lowest BCUT2D eigenvalue weighted by Crippen LogP contribution is -2.41. The standard InChI is InChI=1S/C6H10F3NO3/c1-13-3-5(12)10-2-4(11)6(7,8)9/h4,11H,2-3H2,1H3,(H,10,12). The summed E-state index contributed by atoms with van der Waals surface area (Å²) < 4.78 is 39.3. The second-order valence-electron chi connectivity index (χ2n) is 2.29. The van der Waals surface area contributed by atoms with Crippen molar-refractivity contribution in [2.45, 2.75) is 12.3 Å². The third-order valence-electron chi connectivity index (χ3n) is 1.15. The van der Waals surface area contributed by atoms with Gasteiger partial charge in [-0.25, -0.2) is 0 Å². The van der Waals surface area contributed by atoms with Crippen LogP contribution in [0.2, 0.25) is 0 Å².